The van der Waals surface area contributed by atoms with Crippen molar-refractivity contribution in [2.75, 3.05) is 5.73 Å². The van der Waals surface area contributed by atoms with Crippen LogP contribution in [-0.2, 0) is 0 Å². The summed E-state index contributed by atoms with van der Waals surface area (Å²) in [5.74, 6) is 0.0873. The molecule has 0 atom stereocenters. The van der Waals surface area contributed by atoms with E-state index in [2.05, 4.69) is 9.72 Å². The van der Waals surface area contributed by atoms with Crippen LogP contribution in [0.3, 0.4) is 0 Å². The average molecular weight is 238 g/mol. The van der Waals surface area contributed by atoms with Crippen molar-refractivity contribution in [1.82, 2.24) is 4.98 Å². The molecule has 17 heavy (non-hydrogen) atoms. The second-order valence-electron chi connectivity index (χ2n) is 3.79. The lowest BCUT2D eigenvalue weighted by Crippen LogP contribution is -2.03. The molecule has 2 N–H and O–H groups in total. The molecule has 2 aromatic rings. The molecule has 0 bridgehead atoms. The number of ether oxygens (including phenoxy) is 1. The van der Waals surface area contributed by atoms with Crippen molar-refractivity contribution in [1.29, 1.82) is 0 Å². The van der Waals surface area contributed by atoms with Crippen LogP contribution in [0.25, 0.3) is 10.9 Å². The van der Waals surface area contributed by atoms with Crippen LogP contribution in [0.2, 0.25) is 0 Å². The van der Waals surface area contributed by atoms with E-state index in [4.69, 9.17) is 5.73 Å². The van der Waals surface area contributed by atoms with E-state index < -0.39 is 6.61 Å². The standard InChI is InChI=1S/C12H12F2N2O/c1-6-7(2)16-10-4-3-8(17-12(13)14)5-9(10)11(6)15/h3-5,12H,1-2H3,(H2,15,16). The molecule has 0 radical (unpaired) electrons. The monoisotopic (exact) mass is 238 g/mol. The number of pyridine rings is 1. The quantitative estimate of drug-likeness (QED) is 0.874. The van der Waals surface area contributed by atoms with Gasteiger partial charge in [-0.1, -0.05) is 0 Å². The maximum absolute atomic E-state index is 12.1. The number of benzene rings is 1. The molecule has 2 rings (SSSR count). The highest BCUT2D eigenvalue weighted by molar-refractivity contribution is 5.93. The fraction of sp³-hybridized carbons (Fsp3) is 0.250. The van der Waals surface area contributed by atoms with Crippen LogP contribution in [0.4, 0.5) is 14.5 Å². The number of aromatic nitrogens is 1. The second kappa shape index (κ2) is 4.16. The molecular formula is C12H12F2N2O. The molecule has 1 aromatic carbocycles. The number of anilines is 1. The molecule has 0 fully saturated rings. The van der Waals surface area contributed by atoms with Gasteiger partial charge in [0.1, 0.15) is 5.75 Å². The molecule has 0 aliphatic rings. The number of alkyl halides is 2. The van der Waals surface area contributed by atoms with Crippen molar-refractivity contribution in [3.05, 3.63) is 29.5 Å². The third-order valence-electron chi connectivity index (χ3n) is 2.72. The highest BCUT2D eigenvalue weighted by atomic mass is 19.3. The van der Waals surface area contributed by atoms with Crippen LogP contribution >= 0.6 is 0 Å². The highest BCUT2D eigenvalue weighted by Gasteiger charge is 2.09. The molecule has 0 saturated heterocycles. The number of nitrogen functional groups attached to an aromatic ring is 1. The first kappa shape index (κ1) is 11.6. The van der Waals surface area contributed by atoms with Crippen LogP contribution in [0, 0.1) is 13.8 Å². The minimum Gasteiger partial charge on any atom is -0.435 e. The summed E-state index contributed by atoms with van der Waals surface area (Å²) >= 11 is 0. The zero-order chi connectivity index (χ0) is 12.6. The van der Waals surface area contributed by atoms with Gasteiger partial charge in [0.15, 0.2) is 0 Å². The first-order valence-corrected chi connectivity index (χ1v) is 5.10. The van der Waals surface area contributed by atoms with Gasteiger partial charge < -0.3 is 10.5 Å². The van der Waals surface area contributed by atoms with Gasteiger partial charge >= 0.3 is 6.61 Å². The maximum Gasteiger partial charge on any atom is 0.387 e. The van der Waals surface area contributed by atoms with Crippen LogP contribution < -0.4 is 10.5 Å². The summed E-state index contributed by atoms with van der Waals surface area (Å²) in [6.07, 6.45) is 0. The fourth-order valence-corrected chi connectivity index (χ4v) is 1.67. The van der Waals surface area contributed by atoms with Gasteiger partial charge in [-0.3, -0.25) is 4.98 Å². The SMILES string of the molecule is Cc1nc2ccc(OC(F)F)cc2c(N)c1C. The number of fused-ring (bicyclic) bond motifs is 1. The van der Waals surface area contributed by atoms with E-state index in [1.54, 1.807) is 6.07 Å². The number of rotatable bonds is 2. The second-order valence-corrected chi connectivity index (χ2v) is 3.79. The summed E-state index contributed by atoms with van der Waals surface area (Å²) in [6.45, 7) is 0.861. The van der Waals surface area contributed by atoms with Crippen molar-refractivity contribution in [2.45, 2.75) is 20.5 Å². The topological polar surface area (TPSA) is 48.1 Å². The molecule has 0 unspecified atom stereocenters. The molecule has 0 saturated carbocycles. The van der Waals surface area contributed by atoms with Gasteiger partial charge in [0.05, 0.1) is 5.52 Å². The summed E-state index contributed by atoms with van der Waals surface area (Å²) in [6, 6.07) is 4.56. The fourth-order valence-electron chi connectivity index (χ4n) is 1.67. The molecule has 0 aliphatic heterocycles. The molecule has 0 spiro atoms. The zero-order valence-electron chi connectivity index (χ0n) is 9.50. The van der Waals surface area contributed by atoms with Gasteiger partial charge in [0.25, 0.3) is 0 Å². The molecule has 3 nitrogen and oxygen atoms in total. The van der Waals surface area contributed by atoms with Gasteiger partial charge in [-0.05, 0) is 37.6 Å². The van der Waals surface area contributed by atoms with E-state index in [1.165, 1.54) is 12.1 Å². The minimum absolute atomic E-state index is 0.0873. The van der Waals surface area contributed by atoms with Crippen LogP contribution in [0.15, 0.2) is 18.2 Å². The largest absolute Gasteiger partial charge is 0.435 e. The lowest BCUT2D eigenvalue weighted by atomic mass is 10.1. The normalized spacial score (nSPS) is 11.1. The molecular weight excluding hydrogens is 226 g/mol. The molecule has 0 amide bonds. The van der Waals surface area contributed by atoms with Crippen molar-refractivity contribution in [3.8, 4) is 5.75 Å². The smallest absolute Gasteiger partial charge is 0.387 e. The van der Waals surface area contributed by atoms with Crippen LogP contribution in [0.1, 0.15) is 11.3 Å². The Balaban J connectivity index is 2.60. The predicted octanol–water partition coefficient (Wildman–Crippen LogP) is 3.04. The van der Waals surface area contributed by atoms with Crippen molar-refractivity contribution in [2.24, 2.45) is 0 Å². The Kier molecular flexibility index (Phi) is 2.83. The third kappa shape index (κ3) is 2.13. The number of aryl methyl sites for hydroxylation is 1. The number of hydrogen-bond acceptors (Lipinski definition) is 3. The zero-order valence-corrected chi connectivity index (χ0v) is 9.50. The summed E-state index contributed by atoms with van der Waals surface area (Å²) in [5, 5.41) is 0.631. The van der Waals surface area contributed by atoms with Crippen LogP contribution in [0.5, 0.6) is 5.75 Å². The Morgan fingerprint density at radius 3 is 2.65 bits per heavy atom. The van der Waals surface area contributed by atoms with E-state index in [-0.39, 0.29) is 5.75 Å². The lowest BCUT2D eigenvalue weighted by molar-refractivity contribution is -0.0497. The summed E-state index contributed by atoms with van der Waals surface area (Å²) in [7, 11) is 0. The Hall–Kier alpha value is -1.91. The van der Waals surface area contributed by atoms with Crippen molar-refractivity contribution < 1.29 is 13.5 Å². The van der Waals surface area contributed by atoms with E-state index in [0.29, 0.717) is 16.6 Å². The van der Waals surface area contributed by atoms with E-state index in [1.807, 2.05) is 13.8 Å². The minimum atomic E-state index is -2.84. The van der Waals surface area contributed by atoms with Gasteiger partial charge in [0.2, 0.25) is 0 Å². The van der Waals surface area contributed by atoms with Gasteiger partial charge in [0, 0.05) is 16.8 Å². The number of nitrogens with two attached hydrogens (primary N) is 1. The maximum atomic E-state index is 12.1. The first-order chi connectivity index (χ1) is 7.99. The predicted molar refractivity (Wildman–Crippen MR) is 62.3 cm³/mol. The van der Waals surface area contributed by atoms with Gasteiger partial charge in [-0.25, -0.2) is 0 Å². The van der Waals surface area contributed by atoms with E-state index >= 15 is 0 Å². The van der Waals surface area contributed by atoms with Gasteiger partial charge in [-0.15, -0.1) is 0 Å². The Morgan fingerprint density at radius 1 is 1.29 bits per heavy atom. The van der Waals surface area contributed by atoms with Crippen molar-refractivity contribution >= 4 is 16.6 Å². The van der Waals surface area contributed by atoms with E-state index in [9.17, 15) is 8.78 Å². The molecule has 1 heterocycles. The summed E-state index contributed by atoms with van der Waals surface area (Å²) in [4.78, 5) is 4.33. The summed E-state index contributed by atoms with van der Waals surface area (Å²) < 4.78 is 28.5. The number of nitrogens with zero attached hydrogens (tertiary/aromatic N) is 1. The van der Waals surface area contributed by atoms with E-state index in [0.717, 1.165) is 11.3 Å². The Morgan fingerprint density at radius 2 is 2.00 bits per heavy atom. The Bertz CT molecular complexity index is 570. The number of halogens is 2. The average Bonchev–Trinajstić information content (AvgIpc) is 2.26. The first-order valence-electron chi connectivity index (χ1n) is 5.10. The molecule has 1 aromatic heterocycles. The third-order valence-corrected chi connectivity index (χ3v) is 2.72. The van der Waals surface area contributed by atoms with Gasteiger partial charge in [-0.2, -0.15) is 8.78 Å². The lowest BCUT2D eigenvalue weighted by Gasteiger charge is -2.10. The molecule has 0 aliphatic carbocycles. The molecule has 5 heteroatoms. The molecule has 90 valence electrons. The number of hydrogen-bond donors (Lipinski definition) is 1. The van der Waals surface area contributed by atoms with Crippen LogP contribution in [-0.4, -0.2) is 11.6 Å². The highest BCUT2D eigenvalue weighted by Crippen LogP contribution is 2.28. The summed E-state index contributed by atoms with van der Waals surface area (Å²) in [5.41, 5.74) is 8.84. The Labute approximate surface area is 97.2 Å². The van der Waals surface area contributed by atoms with Crippen molar-refractivity contribution in [3.63, 3.8) is 0 Å².